The van der Waals surface area contributed by atoms with E-state index in [1.807, 2.05) is 6.07 Å². The Balaban J connectivity index is 1.21. The number of Topliss-reactive ketones (excluding diaryl/α,β-unsaturated/α-hetero) is 1. The molecule has 0 saturated carbocycles. The first-order chi connectivity index (χ1) is 14.5. The van der Waals surface area contributed by atoms with Gasteiger partial charge in [0.05, 0.1) is 17.1 Å². The molecule has 7 heteroatoms. The number of anilines is 2. The van der Waals surface area contributed by atoms with Gasteiger partial charge in [-0.05, 0) is 38.3 Å². The highest BCUT2D eigenvalue weighted by Gasteiger charge is 2.31. The van der Waals surface area contributed by atoms with Crippen molar-refractivity contribution in [3.8, 4) is 0 Å². The number of ketones is 1. The lowest BCUT2D eigenvalue weighted by molar-refractivity contribution is -0.128. The van der Waals surface area contributed by atoms with E-state index >= 15 is 0 Å². The number of hydrogen-bond donors (Lipinski definition) is 2. The molecule has 30 heavy (non-hydrogen) atoms. The number of fused-ring (bicyclic) bond motifs is 1. The number of rotatable bonds is 8. The van der Waals surface area contributed by atoms with Crippen LogP contribution >= 0.6 is 0 Å². The topological polar surface area (TPSA) is 79.7 Å². The maximum Gasteiger partial charge on any atom is 0.222 e. The molecule has 0 unspecified atom stereocenters. The van der Waals surface area contributed by atoms with Gasteiger partial charge in [0.25, 0.3) is 0 Å². The second kappa shape index (κ2) is 9.16. The molecule has 0 aliphatic carbocycles. The Morgan fingerprint density at radius 1 is 1.23 bits per heavy atom. The Labute approximate surface area is 178 Å². The van der Waals surface area contributed by atoms with E-state index < -0.39 is 0 Å². The molecule has 3 aliphatic rings. The van der Waals surface area contributed by atoms with Crippen LogP contribution in [0.5, 0.6) is 0 Å². The number of amides is 1. The van der Waals surface area contributed by atoms with Crippen LogP contribution < -0.4 is 10.2 Å². The predicted molar refractivity (Wildman–Crippen MR) is 119 cm³/mol. The van der Waals surface area contributed by atoms with Crippen LogP contribution in [0.25, 0.3) is 0 Å². The van der Waals surface area contributed by atoms with Crippen molar-refractivity contribution in [2.45, 2.75) is 57.5 Å². The van der Waals surface area contributed by atoms with E-state index in [9.17, 15) is 9.59 Å². The van der Waals surface area contributed by atoms with E-state index in [2.05, 4.69) is 46.9 Å². The third-order valence-electron chi connectivity index (χ3n) is 6.67. The summed E-state index contributed by atoms with van der Waals surface area (Å²) < 4.78 is 0. The smallest absolute Gasteiger partial charge is 0.222 e. The largest absolute Gasteiger partial charge is 0.360 e. The molecule has 0 spiro atoms. The summed E-state index contributed by atoms with van der Waals surface area (Å²) in [4.78, 5) is 30.5. The fraction of sp³-hybridized carbons (Fsp3) is 0.565. The first kappa shape index (κ1) is 20.8. The summed E-state index contributed by atoms with van der Waals surface area (Å²) in [5.74, 6) is 0.0180. The monoisotopic (exact) mass is 410 g/mol. The summed E-state index contributed by atoms with van der Waals surface area (Å²) in [5, 5.41) is 11.6. The minimum Gasteiger partial charge on any atom is -0.360 e. The molecule has 0 aromatic heterocycles. The van der Waals surface area contributed by atoms with Crippen LogP contribution in [0.1, 0.15) is 45.4 Å². The van der Waals surface area contributed by atoms with Gasteiger partial charge in [-0.25, -0.2) is 0 Å². The summed E-state index contributed by atoms with van der Waals surface area (Å²) in [7, 11) is 0. The second-order valence-electron chi connectivity index (χ2n) is 8.65. The van der Waals surface area contributed by atoms with E-state index in [0.717, 1.165) is 44.6 Å². The van der Waals surface area contributed by atoms with Gasteiger partial charge in [-0.1, -0.05) is 12.1 Å². The zero-order chi connectivity index (χ0) is 21.1. The van der Waals surface area contributed by atoms with Crippen LogP contribution in [0.15, 0.2) is 24.3 Å². The molecular formula is C23H32N5O2. The highest BCUT2D eigenvalue weighted by molar-refractivity contribution is 6.38. The maximum atomic E-state index is 12.4. The van der Waals surface area contributed by atoms with E-state index in [4.69, 9.17) is 5.41 Å². The lowest BCUT2D eigenvalue weighted by Crippen LogP contribution is -2.47. The number of benzene rings is 1. The minimum atomic E-state index is -0.120. The molecule has 3 heterocycles. The molecule has 2 saturated heterocycles. The molecule has 0 bridgehead atoms. The number of para-hydroxylation sites is 2. The predicted octanol–water partition coefficient (Wildman–Crippen LogP) is 2.88. The Morgan fingerprint density at radius 2 is 2.00 bits per heavy atom. The van der Waals surface area contributed by atoms with Crippen LogP contribution in [0.4, 0.5) is 11.4 Å². The quantitative estimate of drug-likeness (QED) is 0.644. The van der Waals surface area contributed by atoms with Gasteiger partial charge >= 0.3 is 0 Å². The molecule has 161 valence electrons. The Morgan fingerprint density at radius 3 is 2.73 bits per heavy atom. The number of piperidine rings is 1. The SMILES string of the molecule is C[C@@H](CC(=N)C(=O)CCN1CCCC1=O)N1CCC(N2[CH]Nc3ccccc32)CC1. The summed E-state index contributed by atoms with van der Waals surface area (Å²) in [5.41, 5.74) is 2.60. The molecule has 7 nitrogen and oxygen atoms in total. The Bertz CT molecular complexity index is 803. The number of likely N-dealkylation sites (tertiary alicyclic amines) is 2. The standard InChI is InChI=1S/C23H32N5O2/c1-17(15-19(24)22(29)10-14-27-11-4-7-23(27)30)26-12-8-18(9-13-26)28-16-25-20-5-2-3-6-21(20)28/h2-3,5-6,16-18,24-25H,4,7-15H2,1H3/t17-/m0/s1. The van der Waals surface area contributed by atoms with Crippen molar-refractivity contribution in [2.75, 3.05) is 36.4 Å². The number of nitrogens with zero attached hydrogens (tertiary/aromatic N) is 3. The molecular weight excluding hydrogens is 378 g/mol. The van der Waals surface area contributed by atoms with E-state index in [1.54, 1.807) is 4.90 Å². The average Bonchev–Trinajstić information content (AvgIpc) is 3.38. The molecule has 1 aromatic rings. The average molecular weight is 411 g/mol. The van der Waals surface area contributed by atoms with Crippen molar-refractivity contribution in [2.24, 2.45) is 0 Å². The number of carbonyl (C=O) groups excluding carboxylic acids is 2. The molecule has 1 amide bonds. The normalized spacial score (nSPS) is 20.9. The van der Waals surface area contributed by atoms with Crippen LogP contribution in [-0.4, -0.2) is 65.5 Å². The summed E-state index contributed by atoms with van der Waals surface area (Å²) in [6.45, 7) is 7.35. The minimum absolute atomic E-state index is 0.120. The highest BCUT2D eigenvalue weighted by Crippen LogP contribution is 2.36. The molecule has 1 atom stereocenters. The molecule has 2 N–H and O–H groups in total. The molecule has 1 radical (unpaired) electrons. The zero-order valence-electron chi connectivity index (χ0n) is 17.8. The first-order valence-electron chi connectivity index (χ1n) is 11.1. The van der Waals surface area contributed by atoms with Crippen LogP contribution in [0.3, 0.4) is 0 Å². The van der Waals surface area contributed by atoms with Crippen molar-refractivity contribution in [3.63, 3.8) is 0 Å². The maximum absolute atomic E-state index is 12.4. The van der Waals surface area contributed by atoms with Crippen molar-refractivity contribution < 1.29 is 9.59 Å². The number of hydrogen-bond acceptors (Lipinski definition) is 6. The van der Waals surface area contributed by atoms with Crippen LogP contribution in [0.2, 0.25) is 0 Å². The summed E-state index contributed by atoms with van der Waals surface area (Å²) >= 11 is 0. The van der Waals surface area contributed by atoms with Crippen LogP contribution in [-0.2, 0) is 9.59 Å². The fourth-order valence-electron chi connectivity index (χ4n) is 4.80. The van der Waals surface area contributed by atoms with E-state index in [0.29, 0.717) is 25.4 Å². The van der Waals surface area contributed by atoms with Gasteiger partial charge in [-0.15, -0.1) is 0 Å². The third-order valence-corrected chi connectivity index (χ3v) is 6.67. The number of carbonyl (C=O) groups is 2. The van der Waals surface area contributed by atoms with Crippen LogP contribution in [0, 0.1) is 12.1 Å². The van der Waals surface area contributed by atoms with Crippen molar-refractivity contribution in [3.05, 3.63) is 30.9 Å². The van der Waals surface area contributed by atoms with Crippen molar-refractivity contribution >= 4 is 28.8 Å². The van der Waals surface area contributed by atoms with Crippen molar-refractivity contribution in [1.82, 2.24) is 9.80 Å². The van der Waals surface area contributed by atoms with Gasteiger partial charge in [0.2, 0.25) is 5.91 Å². The summed E-state index contributed by atoms with van der Waals surface area (Å²) in [6.07, 6.45) is 4.36. The Hall–Kier alpha value is -2.41. The molecule has 1 aromatic carbocycles. The summed E-state index contributed by atoms with van der Waals surface area (Å²) in [6, 6.07) is 9.04. The Kier molecular flexibility index (Phi) is 6.37. The lowest BCUT2D eigenvalue weighted by Gasteiger charge is -2.39. The lowest BCUT2D eigenvalue weighted by atomic mass is 9.98. The first-order valence-corrected chi connectivity index (χ1v) is 11.1. The van der Waals surface area contributed by atoms with Gasteiger partial charge in [-0.2, -0.15) is 0 Å². The molecule has 2 fully saturated rings. The molecule has 3 aliphatic heterocycles. The number of nitrogens with one attached hydrogen (secondary N) is 2. The van der Waals surface area contributed by atoms with Gasteiger partial charge in [0.15, 0.2) is 5.78 Å². The third kappa shape index (κ3) is 4.51. The van der Waals surface area contributed by atoms with Gasteiger partial charge < -0.3 is 25.4 Å². The van der Waals surface area contributed by atoms with Gasteiger partial charge in [0.1, 0.15) is 6.67 Å². The van der Waals surface area contributed by atoms with E-state index in [1.165, 1.54) is 5.69 Å². The zero-order valence-corrected chi connectivity index (χ0v) is 17.8. The van der Waals surface area contributed by atoms with E-state index in [-0.39, 0.29) is 29.9 Å². The van der Waals surface area contributed by atoms with Gasteiger partial charge in [0, 0.05) is 57.5 Å². The van der Waals surface area contributed by atoms with Gasteiger partial charge in [-0.3, -0.25) is 9.59 Å². The molecule has 4 rings (SSSR count). The highest BCUT2D eigenvalue weighted by atomic mass is 16.2. The second-order valence-corrected chi connectivity index (χ2v) is 8.65. The fourth-order valence-corrected chi connectivity index (χ4v) is 4.80. The van der Waals surface area contributed by atoms with Crippen molar-refractivity contribution in [1.29, 1.82) is 5.41 Å².